The summed E-state index contributed by atoms with van der Waals surface area (Å²) in [5.74, 6) is 0.973. The molecule has 5 rings (SSSR count). The molecule has 2 aromatic carbocycles. The van der Waals surface area contributed by atoms with Crippen LogP contribution in [0.5, 0.6) is 5.75 Å². The lowest BCUT2D eigenvalue weighted by Gasteiger charge is -2.33. The molecule has 4 heteroatoms. The Morgan fingerprint density at radius 2 is 2.03 bits per heavy atom. The molecule has 168 valence electrons. The molecular formula is C28H33NOS2. The van der Waals surface area contributed by atoms with E-state index in [1.54, 1.807) is 5.57 Å². The zero-order valence-corrected chi connectivity index (χ0v) is 20.6. The summed E-state index contributed by atoms with van der Waals surface area (Å²) >= 11 is 3.72. The van der Waals surface area contributed by atoms with E-state index in [1.165, 1.54) is 64.1 Å². The summed E-state index contributed by atoms with van der Waals surface area (Å²) in [6.07, 6.45) is 11.5. The standard InChI is InChI=1S/C28H33NOS2/c1-2-3-17-30-23-8-6-9-24(18-23)32-25-12-13-28-26(19-25)27(20-31-28)21-10-11-22-7-4-5-15-29(22)16-14-21/h6,8-9,12-14,18-20,22H,2-5,7,10-11,15-17H2,1H3. The summed E-state index contributed by atoms with van der Waals surface area (Å²) < 4.78 is 7.30. The smallest absolute Gasteiger partial charge is 0.120 e. The van der Waals surface area contributed by atoms with Gasteiger partial charge in [0.2, 0.25) is 0 Å². The van der Waals surface area contributed by atoms with Crippen LogP contribution in [0.15, 0.2) is 63.7 Å². The molecule has 0 amide bonds. The second kappa shape index (κ2) is 10.5. The van der Waals surface area contributed by atoms with Crippen molar-refractivity contribution in [3.63, 3.8) is 0 Å². The number of hydrogen-bond acceptors (Lipinski definition) is 4. The largest absolute Gasteiger partial charge is 0.494 e. The van der Waals surface area contributed by atoms with Crippen LogP contribution in [0.25, 0.3) is 15.7 Å². The number of benzene rings is 2. The highest BCUT2D eigenvalue weighted by atomic mass is 32.2. The summed E-state index contributed by atoms with van der Waals surface area (Å²) in [4.78, 5) is 5.25. The Balaban J connectivity index is 1.35. The molecule has 1 fully saturated rings. The van der Waals surface area contributed by atoms with Gasteiger partial charge >= 0.3 is 0 Å². The van der Waals surface area contributed by atoms with Gasteiger partial charge in [-0.3, -0.25) is 4.90 Å². The van der Waals surface area contributed by atoms with Gasteiger partial charge in [-0.25, -0.2) is 0 Å². The fourth-order valence-corrected chi connectivity index (χ4v) is 6.81. The number of allylic oxidation sites excluding steroid dienone is 1. The number of rotatable bonds is 7. The predicted molar refractivity (Wildman–Crippen MR) is 139 cm³/mol. The maximum atomic E-state index is 5.91. The van der Waals surface area contributed by atoms with Crippen LogP contribution in [0.4, 0.5) is 0 Å². The molecule has 2 aliphatic heterocycles. The summed E-state index contributed by atoms with van der Waals surface area (Å²) in [7, 11) is 0. The molecule has 0 aliphatic carbocycles. The van der Waals surface area contributed by atoms with Gasteiger partial charge < -0.3 is 4.74 Å². The van der Waals surface area contributed by atoms with Crippen LogP contribution in [0, 0.1) is 0 Å². The van der Waals surface area contributed by atoms with E-state index in [0.717, 1.165) is 37.8 Å². The van der Waals surface area contributed by atoms with Gasteiger partial charge in [-0.1, -0.05) is 43.7 Å². The first-order valence-electron chi connectivity index (χ1n) is 12.2. The lowest BCUT2D eigenvalue weighted by molar-refractivity contribution is 0.161. The Morgan fingerprint density at radius 3 is 2.97 bits per heavy atom. The topological polar surface area (TPSA) is 12.5 Å². The van der Waals surface area contributed by atoms with E-state index in [9.17, 15) is 0 Å². The van der Waals surface area contributed by atoms with Gasteiger partial charge in [-0.2, -0.15) is 0 Å². The van der Waals surface area contributed by atoms with E-state index in [2.05, 4.69) is 65.7 Å². The van der Waals surface area contributed by atoms with Gasteiger partial charge in [0, 0.05) is 32.5 Å². The molecule has 32 heavy (non-hydrogen) atoms. The summed E-state index contributed by atoms with van der Waals surface area (Å²) in [6.45, 7) is 5.39. The van der Waals surface area contributed by atoms with Crippen molar-refractivity contribution in [2.24, 2.45) is 0 Å². The van der Waals surface area contributed by atoms with Gasteiger partial charge in [0.05, 0.1) is 6.61 Å². The van der Waals surface area contributed by atoms with Crippen molar-refractivity contribution in [1.82, 2.24) is 4.90 Å². The monoisotopic (exact) mass is 463 g/mol. The zero-order valence-electron chi connectivity index (χ0n) is 19.0. The molecule has 1 saturated heterocycles. The highest BCUT2D eigenvalue weighted by Gasteiger charge is 2.24. The molecule has 0 saturated carbocycles. The van der Waals surface area contributed by atoms with Crippen LogP contribution < -0.4 is 4.74 Å². The molecule has 0 N–H and O–H groups in total. The number of piperidine rings is 1. The first-order chi connectivity index (χ1) is 15.8. The minimum Gasteiger partial charge on any atom is -0.494 e. The third-order valence-electron chi connectivity index (χ3n) is 6.77. The molecule has 0 bridgehead atoms. The van der Waals surface area contributed by atoms with Gasteiger partial charge in [-0.05, 0) is 91.6 Å². The van der Waals surface area contributed by atoms with Crippen LogP contribution in [0.2, 0.25) is 0 Å². The SMILES string of the molecule is CCCCOc1cccc(Sc2ccc3scc(C4=CCN5CCCCC5CC4)c3c2)c1. The third-order valence-corrected chi connectivity index (χ3v) is 8.71. The maximum Gasteiger partial charge on any atom is 0.120 e. The van der Waals surface area contributed by atoms with Gasteiger partial charge in [0.15, 0.2) is 0 Å². The van der Waals surface area contributed by atoms with Crippen molar-refractivity contribution in [2.45, 2.75) is 67.7 Å². The van der Waals surface area contributed by atoms with E-state index in [4.69, 9.17) is 4.74 Å². The molecule has 3 heterocycles. The van der Waals surface area contributed by atoms with Crippen molar-refractivity contribution in [2.75, 3.05) is 19.7 Å². The normalized spacial score (nSPS) is 19.4. The molecule has 0 radical (unpaired) electrons. The van der Waals surface area contributed by atoms with Crippen molar-refractivity contribution < 1.29 is 4.74 Å². The van der Waals surface area contributed by atoms with E-state index in [-0.39, 0.29) is 0 Å². The molecule has 3 aromatic rings. The number of fused-ring (bicyclic) bond motifs is 2. The molecular weight excluding hydrogens is 430 g/mol. The Kier molecular flexibility index (Phi) is 7.21. The van der Waals surface area contributed by atoms with Crippen LogP contribution in [0.1, 0.15) is 57.4 Å². The average Bonchev–Trinajstić information content (AvgIpc) is 3.11. The number of thiophene rings is 1. The highest BCUT2D eigenvalue weighted by Crippen LogP contribution is 2.39. The number of nitrogens with zero attached hydrogens (tertiary/aromatic N) is 1. The Hall–Kier alpha value is -1.75. The molecule has 1 aromatic heterocycles. The van der Waals surface area contributed by atoms with Gasteiger partial charge in [0.25, 0.3) is 0 Å². The van der Waals surface area contributed by atoms with Crippen molar-refractivity contribution >= 4 is 38.8 Å². The predicted octanol–water partition coefficient (Wildman–Crippen LogP) is 8.26. The Bertz CT molecular complexity index is 1090. The fraction of sp³-hybridized carbons (Fsp3) is 0.429. The highest BCUT2D eigenvalue weighted by molar-refractivity contribution is 7.99. The van der Waals surface area contributed by atoms with Crippen molar-refractivity contribution in [3.8, 4) is 5.75 Å². The second-order valence-electron chi connectivity index (χ2n) is 9.00. The molecule has 2 nitrogen and oxygen atoms in total. The fourth-order valence-electron chi connectivity index (χ4n) is 4.94. The molecule has 1 atom stereocenters. The van der Waals surface area contributed by atoms with E-state index < -0.39 is 0 Å². The van der Waals surface area contributed by atoms with Crippen LogP contribution >= 0.6 is 23.1 Å². The van der Waals surface area contributed by atoms with Gasteiger partial charge in [0.1, 0.15) is 5.75 Å². The first-order valence-corrected chi connectivity index (χ1v) is 13.8. The van der Waals surface area contributed by atoms with Crippen molar-refractivity contribution in [3.05, 3.63) is 59.5 Å². The molecule has 1 unspecified atom stereocenters. The summed E-state index contributed by atoms with van der Waals surface area (Å²) in [5.41, 5.74) is 3.02. The number of hydrogen-bond donors (Lipinski definition) is 0. The summed E-state index contributed by atoms with van der Waals surface area (Å²) in [6, 6.07) is 16.3. The Labute approximate surface area is 200 Å². The van der Waals surface area contributed by atoms with Crippen molar-refractivity contribution in [1.29, 1.82) is 0 Å². The summed E-state index contributed by atoms with van der Waals surface area (Å²) in [5, 5.41) is 3.80. The van der Waals surface area contributed by atoms with E-state index >= 15 is 0 Å². The second-order valence-corrected chi connectivity index (χ2v) is 11.1. The number of unbranched alkanes of at least 4 members (excludes halogenated alkanes) is 1. The maximum absolute atomic E-state index is 5.91. The lowest BCUT2D eigenvalue weighted by atomic mass is 9.95. The minimum absolute atomic E-state index is 0.792. The van der Waals surface area contributed by atoms with Crippen LogP contribution in [0.3, 0.4) is 0 Å². The van der Waals surface area contributed by atoms with E-state index in [1.807, 2.05) is 23.1 Å². The first kappa shape index (κ1) is 22.1. The lowest BCUT2D eigenvalue weighted by Crippen LogP contribution is -2.38. The third kappa shape index (κ3) is 5.08. The average molecular weight is 464 g/mol. The Morgan fingerprint density at radius 1 is 1.09 bits per heavy atom. The van der Waals surface area contributed by atoms with Gasteiger partial charge in [-0.15, -0.1) is 11.3 Å². The van der Waals surface area contributed by atoms with Crippen LogP contribution in [-0.4, -0.2) is 30.6 Å². The zero-order chi connectivity index (χ0) is 21.8. The number of ether oxygens (including phenoxy) is 1. The van der Waals surface area contributed by atoms with E-state index in [0.29, 0.717) is 0 Å². The molecule has 2 aliphatic rings. The minimum atomic E-state index is 0.792. The van der Waals surface area contributed by atoms with Crippen LogP contribution in [-0.2, 0) is 0 Å². The quantitative estimate of drug-likeness (QED) is 0.327. The molecule has 0 spiro atoms.